The van der Waals surface area contributed by atoms with Crippen LogP contribution in [0.3, 0.4) is 0 Å². The number of ether oxygens (including phenoxy) is 4. The number of rotatable bonds is 9. The highest BCUT2D eigenvalue weighted by Crippen LogP contribution is 2.46. The molecular formula is C31H30N2O8S. The molecule has 0 spiro atoms. The lowest BCUT2D eigenvalue weighted by atomic mass is 9.94. The van der Waals surface area contributed by atoms with Crippen molar-refractivity contribution < 1.29 is 38.4 Å². The molecule has 10 nitrogen and oxygen atoms in total. The molecule has 2 aliphatic rings. The van der Waals surface area contributed by atoms with Gasteiger partial charge in [0.1, 0.15) is 29.1 Å². The number of carbonyl (C=O) groups is 3. The van der Waals surface area contributed by atoms with Gasteiger partial charge in [-0.05, 0) is 62.2 Å². The third-order valence-corrected chi connectivity index (χ3v) is 8.05. The molecule has 0 aliphatic carbocycles. The Hall–Kier alpha value is -4.64. The number of ketones is 1. The summed E-state index contributed by atoms with van der Waals surface area (Å²) in [6.07, 6.45) is 2.23. The molecule has 3 aromatic rings. The zero-order chi connectivity index (χ0) is 30.1. The second-order valence-electron chi connectivity index (χ2n) is 9.77. The van der Waals surface area contributed by atoms with E-state index in [0.29, 0.717) is 47.1 Å². The Labute approximate surface area is 246 Å². The topological polar surface area (TPSA) is 124 Å². The van der Waals surface area contributed by atoms with Crippen LogP contribution in [0.25, 0.3) is 5.76 Å². The Bertz CT molecular complexity index is 1620. The van der Waals surface area contributed by atoms with E-state index in [2.05, 4.69) is 11.6 Å². The number of hydrogen-bond donors (Lipinski definition) is 1. The van der Waals surface area contributed by atoms with E-state index >= 15 is 0 Å². The summed E-state index contributed by atoms with van der Waals surface area (Å²) in [4.78, 5) is 45.5. The number of thiazole rings is 1. The summed E-state index contributed by atoms with van der Waals surface area (Å²) in [5.74, 6) is -1.19. The molecule has 218 valence electrons. The van der Waals surface area contributed by atoms with Gasteiger partial charge in [-0.15, -0.1) is 0 Å². The van der Waals surface area contributed by atoms with Crippen LogP contribution in [-0.4, -0.2) is 54.2 Å². The molecule has 1 saturated heterocycles. The van der Waals surface area contributed by atoms with Crippen LogP contribution in [0.4, 0.5) is 5.13 Å². The molecule has 2 atom stereocenters. The Kier molecular flexibility index (Phi) is 8.04. The molecule has 3 heterocycles. The molecule has 1 aromatic heterocycles. The van der Waals surface area contributed by atoms with Crippen molar-refractivity contribution >= 4 is 39.9 Å². The van der Waals surface area contributed by atoms with Crippen LogP contribution >= 0.6 is 11.3 Å². The van der Waals surface area contributed by atoms with Gasteiger partial charge < -0.3 is 24.1 Å². The fraction of sp³-hybridized carbons (Fsp3) is 0.290. The Balaban J connectivity index is 1.70. The minimum Gasteiger partial charge on any atom is -0.507 e. The first kappa shape index (κ1) is 28.9. The van der Waals surface area contributed by atoms with Crippen molar-refractivity contribution in [3.8, 4) is 17.2 Å². The summed E-state index contributed by atoms with van der Waals surface area (Å²) in [7, 11) is 1.25. The normalized spacial score (nSPS) is 18.9. The summed E-state index contributed by atoms with van der Waals surface area (Å²) < 4.78 is 22.2. The molecule has 5 rings (SSSR count). The van der Waals surface area contributed by atoms with Crippen LogP contribution in [0.5, 0.6) is 17.2 Å². The Morgan fingerprint density at radius 3 is 2.71 bits per heavy atom. The zero-order valence-corrected chi connectivity index (χ0v) is 24.4. The predicted molar refractivity (Wildman–Crippen MR) is 157 cm³/mol. The number of carbonyl (C=O) groups excluding carboxylic acids is 3. The number of nitrogens with zero attached hydrogens (tertiary/aromatic N) is 2. The van der Waals surface area contributed by atoms with Crippen molar-refractivity contribution in [3.63, 3.8) is 0 Å². The largest absolute Gasteiger partial charge is 0.507 e. The van der Waals surface area contributed by atoms with E-state index in [1.165, 1.54) is 12.0 Å². The third kappa shape index (κ3) is 5.11. The first-order chi connectivity index (χ1) is 20.2. The summed E-state index contributed by atoms with van der Waals surface area (Å²) in [5, 5.41) is 11.7. The highest BCUT2D eigenvalue weighted by Gasteiger charge is 2.48. The molecule has 11 heteroatoms. The van der Waals surface area contributed by atoms with Crippen LogP contribution < -0.4 is 19.1 Å². The quantitative estimate of drug-likeness (QED) is 0.118. The Morgan fingerprint density at radius 1 is 1.21 bits per heavy atom. The fourth-order valence-electron chi connectivity index (χ4n) is 5.07. The number of aryl methyl sites for hydroxylation is 1. The highest BCUT2D eigenvalue weighted by atomic mass is 32.1. The van der Waals surface area contributed by atoms with Gasteiger partial charge in [0.25, 0.3) is 5.78 Å². The van der Waals surface area contributed by atoms with E-state index in [0.717, 1.165) is 16.9 Å². The molecule has 2 unspecified atom stereocenters. The van der Waals surface area contributed by atoms with Crippen molar-refractivity contribution in [1.82, 2.24) is 4.98 Å². The van der Waals surface area contributed by atoms with E-state index in [1.807, 2.05) is 13.8 Å². The minimum atomic E-state index is -1.09. The molecule has 1 N–H and O–H groups in total. The van der Waals surface area contributed by atoms with Crippen molar-refractivity contribution in [2.75, 3.05) is 25.2 Å². The van der Waals surface area contributed by atoms with Crippen molar-refractivity contribution in [2.24, 2.45) is 0 Å². The van der Waals surface area contributed by atoms with Crippen molar-refractivity contribution in [1.29, 1.82) is 0 Å². The van der Waals surface area contributed by atoms with Gasteiger partial charge in [-0.2, -0.15) is 0 Å². The first-order valence-electron chi connectivity index (χ1n) is 13.4. The second kappa shape index (κ2) is 11.7. The van der Waals surface area contributed by atoms with Gasteiger partial charge in [0.2, 0.25) is 0 Å². The van der Waals surface area contributed by atoms with Crippen molar-refractivity contribution in [3.05, 3.63) is 81.9 Å². The molecule has 2 aromatic carbocycles. The van der Waals surface area contributed by atoms with Gasteiger partial charge in [-0.3, -0.25) is 14.5 Å². The zero-order valence-electron chi connectivity index (χ0n) is 23.6. The lowest BCUT2D eigenvalue weighted by molar-refractivity contribution is -0.132. The summed E-state index contributed by atoms with van der Waals surface area (Å²) in [6.45, 7) is 9.63. The number of aliphatic hydroxyl groups excluding tert-OH is 1. The molecule has 2 aliphatic heterocycles. The van der Waals surface area contributed by atoms with E-state index < -0.39 is 23.7 Å². The van der Waals surface area contributed by atoms with Gasteiger partial charge in [-0.25, -0.2) is 9.78 Å². The first-order valence-corrected chi connectivity index (χ1v) is 14.2. The van der Waals surface area contributed by atoms with Crippen LogP contribution in [0.1, 0.15) is 51.9 Å². The molecular weight excluding hydrogens is 560 g/mol. The SMILES string of the molecule is C=CCOc1ccc(C2/C(=C(\O)c3ccc4c(c3)CC(C)O4)C(=O)C(=O)N2c2nc(C)c(C(=O)OC)s2)cc1OCC. The molecule has 0 radical (unpaired) electrons. The van der Waals surface area contributed by atoms with Crippen LogP contribution in [0, 0.1) is 6.92 Å². The fourth-order valence-corrected chi connectivity index (χ4v) is 6.08. The average molecular weight is 591 g/mol. The maximum absolute atomic E-state index is 13.7. The molecule has 1 fully saturated rings. The average Bonchev–Trinajstić information content (AvgIpc) is 3.63. The van der Waals surface area contributed by atoms with E-state index in [4.69, 9.17) is 18.9 Å². The number of amides is 1. The standard InChI is InChI=1S/C31H30N2O8S/c1-6-12-40-22-11-8-18(15-23(22)39-7-2)25-24(26(34)19-9-10-21-20(14-19)13-16(3)41-21)27(35)29(36)33(25)31-32-17(4)28(42-31)30(37)38-5/h6,8-11,14-16,25,34H,1,7,12-13H2,2-5H3/b26-24+. The van der Waals surface area contributed by atoms with Crippen molar-refractivity contribution in [2.45, 2.75) is 39.3 Å². The number of Topliss-reactive ketones (excluding diaryl/α,β-unsaturated/α-hetero) is 1. The summed E-state index contributed by atoms with van der Waals surface area (Å²) >= 11 is 0.928. The molecule has 1 amide bonds. The van der Waals surface area contributed by atoms with Gasteiger partial charge in [0.05, 0.1) is 31.0 Å². The number of methoxy groups -OCH3 is 1. The molecule has 0 bridgehead atoms. The number of anilines is 1. The van der Waals surface area contributed by atoms with E-state index in [1.54, 1.807) is 49.4 Å². The van der Waals surface area contributed by atoms with Crippen LogP contribution in [0.2, 0.25) is 0 Å². The lowest BCUT2D eigenvalue weighted by Gasteiger charge is -2.24. The maximum Gasteiger partial charge on any atom is 0.350 e. The number of esters is 1. The lowest BCUT2D eigenvalue weighted by Crippen LogP contribution is -2.29. The highest BCUT2D eigenvalue weighted by molar-refractivity contribution is 7.17. The smallest absolute Gasteiger partial charge is 0.350 e. The summed E-state index contributed by atoms with van der Waals surface area (Å²) in [5.41, 5.74) is 1.95. The number of fused-ring (bicyclic) bond motifs is 1. The van der Waals surface area contributed by atoms with Gasteiger partial charge in [0.15, 0.2) is 16.6 Å². The third-order valence-electron chi connectivity index (χ3n) is 6.92. The summed E-state index contributed by atoms with van der Waals surface area (Å²) in [6, 6.07) is 9.10. The molecule has 42 heavy (non-hydrogen) atoms. The van der Waals surface area contributed by atoms with E-state index in [9.17, 15) is 19.5 Å². The number of aliphatic hydroxyl groups is 1. The molecule has 0 saturated carbocycles. The van der Waals surface area contributed by atoms with Gasteiger partial charge in [0, 0.05) is 12.0 Å². The van der Waals surface area contributed by atoms with E-state index in [-0.39, 0.29) is 34.1 Å². The Morgan fingerprint density at radius 2 is 2.00 bits per heavy atom. The second-order valence-corrected chi connectivity index (χ2v) is 10.7. The van der Waals surface area contributed by atoms with Crippen LogP contribution in [-0.2, 0) is 20.7 Å². The van der Waals surface area contributed by atoms with Gasteiger partial charge >= 0.3 is 11.9 Å². The number of aromatic nitrogens is 1. The maximum atomic E-state index is 13.7. The predicted octanol–water partition coefficient (Wildman–Crippen LogP) is 5.15. The number of benzene rings is 2. The monoisotopic (exact) mass is 590 g/mol. The van der Waals surface area contributed by atoms with Crippen LogP contribution in [0.15, 0.2) is 54.6 Å². The number of hydrogen-bond acceptors (Lipinski definition) is 10. The minimum absolute atomic E-state index is 0.0149. The van der Waals surface area contributed by atoms with Gasteiger partial charge in [-0.1, -0.05) is 30.1 Å².